The van der Waals surface area contributed by atoms with E-state index < -0.39 is 10.0 Å². The number of aryl methyl sites for hydroxylation is 2. The van der Waals surface area contributed by atoms with Crippen molar-refractivity contribution in [3.63, 3.8) is 0 Å². The molecule has 0 atom stereocenters. The summed E-state index contributed by atoms with van der Waals surface area (Å²) in [6, 6.07) is 4.63. The van der Waals surface area contributed by atoms with Crippen molar-refractivity contribution in [2.24, 2.45) is 0 Å². The molecule has 1 heterocycles. The van der Waals surface area contributed by atoms with E-state index >= 15 is 0 Å². The molecule has 8 heteroatoms. The van der Waals surface area contributed by atoms with E-state index in [1.165, 1.54) is 6.07 Å². The minimum Gasteiger partial charge on any atom is -0.399 e. The topological polar surface area (TPSA) is 98.0 Å². The highest BCUT2D eigenvalue weighted by molar-refractivity contribution is 7.93. The fourth-order valence-electron chi connectivity index (χ4n) is 1.48. The molecular formula is C10H12N4O2S2. The van der Waals surface area contributed by atoms with Crippen LogP contribution >= 0.6 is 11.5 Å². The van der Waals surface area contributed by atoms with Crippen LogP contribution in [0.5, 0.6) is 0 Å². The van der Waals surface area contributed by atoms with Gasteiger partial charge in [0.15, 0.2) is 0 Å². The summed E-state index contributed by atoms with van der Waals surface area (Å²) in [6.45, 7) is 3.39. The van der Waals surface area contributed by atoms with Gasteiger partial charge in [-0.3, -0.25) is 4.72 Å². The first-order valence-electron chi connectivity index (χ1n) is 5.08. The van der Waals surface area contributed by atoms with Gasteiger partial charge in [0.2, 0.25) is 5.13 Å². The molecular weight excluding hydrogens is 272 g/mol. The molecule has 2 rings (SSSR count). The molecule has 0 fully saturated rings. The van der Waals surface area contributed by atoms with Crippen molar-refractivity contribution in [2.75, 3.05) is 10.5 Å². The first-order valence-corrected chi connectivity index (χ1v) is 7.33. The van der Waals surface area contributed by atoms with Crippen molar-refractivity contribution in [2.45, 2.75) is 18.7 Å². The maximum atomic E-state index is 12.1. The number of sulfonamides is 1. The summed E-state index contributed by atoms with van der Waals surface area (Å²) in [4.78, 5) is 4.15. The van der Waals surface area contributed by atoms with Crippen LogP contribution in [0.3, 0.4) is 0 Å². The molecule has 0 unspecified atom stereocenters. The Balaban J connectivity index is 2.36. The van der Waals surface area contributed by atoms with Crippen molar-refractivity contribution in [1.82, 2.24) is 9.36 Å². The largest absolute Gasteiger partial charge is 0.399 e. The maximum Gasteiger partial charge on any atom is 0.263 e. The van der Waals surface area contributed by atoms with Crippen molar-refractivity contribution in [3.8, 4) is 0 Å². The van der Waals surface area contributed by atoms with E-state index in [-0.39, 0.29) is 10.0 Å². The highest BCUT2D eigenvalue weighted by Gasteiger charge is 2.18. The first kappa shape index (κ1) is 12.8. The number of nitrogens with zero attached hydrogens (tertiary/aromatic N) is 2. The van der Waals surface area contributed by atoms with Crippen molar-refractivity contribution >= 4 is 32.4 Å². The van der Waals surface area contributed by atoms with Crippen LogP contribution in [0.1, 0.15) is 11.4 Å². The van der Waals surface area contributed by atoms with Crippen molar-refractivity contribution in [1.29, 1.82) is 0 Å². The lowest BCUT2D eigenvalue weighted by Crippen LogP contribution is -2.14. The second kappa shape index (κ2) is 4.54. The Hall–Kier alpha value is -1.67. The third-order valence-corrected chi connectivity index (χ3v) is 4.59. The number of hydrogen-bond donors (Lipinski definition) is 2. The molecule has 1 aromatic heterocycles. The van der Waals surface area contributed by atoms with Gasteiger partial charge in [-0.15, -0.1) is 0 Å². The summed E-state index contributed by atoms with van der Waals surface area (Å²) >= 11 is 1.00. The molecule has 2 aromatic rings. The molecule has 0 saturated carbocycles. The summed E-state index contributed by atoms with van der Waals surface area (Å²) in [5, 5.41) is 0.253. The molecule has 18 heavy (non-hydrogen) atoms. The number of nitrogen functional groups attached to an aromatic ring is 1. The van der Waals surface area contributed by atoms with Gasteiger partial charge in [0.1, 0.15) is 5.82 Å². The molecule has 96 valence electrons. The zero-order valence-corrected chi connectivity index (χ0v) is 11.5. The van der Waals surface area contributed by atoms with Crippen LogP contribution in [0.25, 0.3) is 0 Å². The van der Waals surface area contributed by atoms with Gasteiger partial charge in [-0.2, -0.15) is 4.37 Å². The molecule has 1 aromatic carbocycles. The Labute approximate surface area is 109 Å². The van der Waals surface area contributed by atoms with E-state index in [1.54, 1.807) is 26.0 Å². The third-order valence-electron chi connectivity index (χ3n) is 2.24. The Morgan fingerprint density at radius 1 is 1.33 bits per heavy atom. The molecule has 3 N–H and O–H groups in total. The highest BCUT2D eigenvalue weighted by Crippen LogP contribution is 2.21. The van der Waals surface area contributed by atoms with Crippen molar-refractivity contribution in [3.05, 3.63) is 29.6 Å². The predicted molar refractivity (Wildman–Crippen MR) is 71.0 cm³/mol. The lowest BCUT2D eigenvalue weighted by Gasteiger charge is -2.08. The van der Waals surface area contributed by atoms with Crippen LogP contribution < -0.4 is 10.5 Å². The average Bonchev–Trinajstić information content (AvgIpc) is 2.62. The zero-order chi connectivity index (χ0) is 13.3. The van der Waals surface area contributed by atoms with Gasteiger partial charge in [0.25, 0.3) is 10.0 Å². The summed E-state index contributed by atoms with van der Waals surface area (Å²) in [5.41, 5.74) is 6.70. The van der Waals surface area contributed by atoms with Gasteiger partial charge in [-0.05, 0) is 37.6 Å². The molecule has 6 nitrogen and oxygen atoms in total. The van der Waals surface area contributed by atoms with Crippen LogP contribution in [0.4, 0.5) is 10.8 Å². The average molecular weight is 284 g/mol. The van der Waals surface area contributed by atoms with E-state index in [4.69, 9.17) is 5.73 Å². The van der Waals surface area contributed by atoms with E-state index in [0.29, 0.717) is 17.1 Å². The summed E-state index contributed by atoms with van der Waals surface area (Å²) in [6.07, 6.45) is 0. The molecule has 0 saturated heterocycles. The molecule has 0 bridgehead atoms. The molecule has 0 amide bonds. The smallest absolute Gasteiger partial charge is 0.263 e. The van der Waals surface area contributed by atoms with E-state index in [9.17, 15) is 8.42 Å². The fraction of sp³-hybridized carbons (Fsp3) is 0.200. The highest BCUT2D eigenvalue weighted by atomic mass is 32.2. The second-order valence-corrected chi connectivity index (χ2v) is 6.18. The summed E-state index contributed by atoms with van der Waals surface area (Å²) < 4.78 is 30.6. The molecule has 0 spiro atoms. The number of benzene rings is 1. The fourth-order valence-corrected chi connectivity index (χ4v) is 3.51. The van der Waals surface area contributed by atoms with Crippen LogP contribution in [0, 0.1) is 13.8 Å². The standard InChI is InChI=1S/C10H12N4O2S2/c1-6-5-8(11)3-4-9(6)18(15,16)14-10-12-7(2)13-17-10/h3-5H,11H2,1-2H3,(H,12,13,14). The number of anilines is 2. The summed E-state index contributed by atoms with van der Waals surface area (Å²) in [5.74, 6) is 0.534. The van der Waals surface area contributed by atoms with Gasteiger partial charge >= 0.3 is 0 Å². The molecule has 0 radical (unpaired) electrons. The quantitative estimate of drug-likeness (QED) is 0.833. The van der Waals surface area contributed by atoms with E-state index in [1.807, 2.05) is 0 Å². The van der Waals surface area contributed by atoms with Crippen molar-refractivity contribution < 1.29 is 8.42 Å². The Kier molecular flexibility index (Phi) is 3.22. The van der Waals surface area contributed by atoms with Gasteiger partial charge in [-0.25, -0.2) is 13.4 Å². The van der Waals surface area contributed by atoms with Gasteiger partial charge in [0.05, 0.1) is 4.90 Å². The monoisotopic (exact) mass is 284 g/mol. The van der Waals surface area contributed by atoms with Gasteiger partial charge in [-0.1, -0.05) is 0 Å². The Bertz CT molecular complexity index is 679. The lowest BCUT2D eigenvalue weighted by molar-refractivity contribution is 0.600. The van der Waals surface area contributed by atoms with Crippen LogP contribution in [0.15, 0.2) is 23.1 Å². The zero-order valence-electron chi connectivity index (χ0n) is 9.84. The maximum absolute atomic E-state index is 12.1. The van der Waals surface area contributed by atoms with E-state index in [0.717, 1.165) is 11.5 Å². The van der Waals surface area contributed by atoms with Gasteiger partial charge < -0.3 is 5.73 Å². The Morgan fingerprint density at radius 3 is 2.61 bits per heavy atom. The van der Waals surface area contributed by atoms with Crippen LogP contribution in [-0.4, -0.2) is 17.8 Å². The van der Waals surface area contributed by atoms with E-state index in [2.05, 4.69) is 14.1 Å². The minimum absolute atomic E-state index is 0.185. The number of nitrogens with two attached hydrogens (primary N) is 1. The minimum atomic E-state index is -3.65. The van der Waals surface area contributed by atoms with Crippen LogP contribution in [0.2, 0.25) is 0 Å². The first-order chi connectivity index (χ1) is 8.38. The normalized spacial score (nSPS) is 11.4. The van der Waals surface area contributed by atoms with Crippen LogP contribution in [-0.2, 0) is 10.0 Å². The predicted octanol–water partition coefficient (Wildman–Crippen LogP) is 1.54. The third kappa shape index (κ3) is 2.59. The lowest BCUT2D eigenvalue weighted by atomic mass is 10.2. The molecule has 0 aliphatic rings. The second-order valence-electron chi connectivity index (χ2n) is 3.78. The Morgan fingerprint density at radius 2 is 2.06 bits per heavy atom. The molecule has 0 aliphatic carbocycles. The van der Waals surface area contributed by atoms with Gasteiger partial charge in [0, 0.05) is 17.2 Å². The number of aromatic nitrogens is 2. The SMILES string of the molecule is Cc1nsc(NS(=O)(=O)c2ccc(N)cc2C)n1. The molecule has 0 aliphatic heterocycles. The summed E-state index contributed by atoms with van der Waals surface area (Å²) in [7, 11) is -3.65. The number of nitrogens with one attached hydrogen (secondary N) is 1. The number of rotatable bonds is 3. The number of hydrogen-bond acceptors (Lipinski definition) is 6.